The summed E-state index contributed by atoms with van der Waals surface area (Å²) in [6.07, 6.45) is 17.7. The van der Waals surface area contributed by atoms with Crippen molar-refractivity contribution < 1.29 is 14.3 Å². The Balaban J connectivity index is 1.34. The topological polar surface area (TPSA) is 102 Å². The lowest BCUT2D eigenvalue weighted by atomic mass is 9.64. The average molecular weight is 571 g/mol. The van der Waals surface area contributed by atoms with Crippen LogP contribution in [0.1, 0.15) is 104 Å². The fourth-order valence-electron chi connectivity index (χ4n) is 8.67. The molecule has 0 radical (unpaired) electrons. The van der Waals surface area contributed by atoms with Crippen molar-refractivity contribution >= 4 is 11.8 Å². The number of nitrogens with zero attached hydrogens (tertiary/aromatic N) is 2. The van der Waals surface area contributed by atoms with E-state index in [1.54, 1.807) is 0 Å². The number of piperidine rings is 1. The van der Waals surface area contributed by atoms with Gasteiger partial charge in [0.15, 0.2) is 0 Å². The zero-order valence-electron chi connectivity index (χ0n) is 26.1. The Bertz CT molecular complexity index is 922. The summed E-state index contributed by atoms with van der Waals surface area (Å²) in [6, 6.07) is 0.286. The molecule has 9 atom stereocenters. The molecule has 232 valence electrons. The molecule has 7 nitrogen and oxygen atoms in total. The van der Waals surface area contributed by atoms with Crippen LogP contribution in [0, 0.1) is 41.4 Å². The Morgan fingerprint density at radius 1 is 1.00 bits per heavy atom. The van der Waals surface area contributed by atoms with Crippen LogP contribution in [0.4, 0.5) is 0 Å². The average Bonchev–Trinajstić information content (AvgIpc) is 2.96. The van der Waals surface area contributed by atoms with E-state index in [1.165, 1.54) is 18.4 Å². The highest BCUT2D eigenvalue weighted by Gasteiger charge is 2.44. The molecular formula is C34H58N4O3. The maximum absolute atomic E-state index is 13.5. The maximum Gasteiger partial charge on any atom is 0.222 e. The van der Waals surface area contributed by atoms with E-state index in [4.69, 9.17) is 16.3 Å². The molecule has 4 fully saturated rings. The Hall–Kier alpha value is -1.86. The molecule has 0 aromatic heterocycles. The number of fused-ring (bicyclic) bond motifs is 1. The van der Waals surface area contributed by atoms with Crippen LogP contribution in [0.2, 0.25) is 0 Å². The molecule has 4 rings (SSSR count). The number of hydrogen-bond donors (Lipinski definition) is 2. The highest BCUT2D eigenvalue weighted by atomic mass is 16.5. The Kier molecular flexibility index (Phi) is 11.8. The van der Waals surface area contributed by atoms with E-state index in [2.05, 4.69) is 38.5 Å². The number of amides is 2. The quantitative estimate of drug-likeness (QED) is 0.142. The number of nitrogens with two attached hydrogens (primary N) is 2. The monoisotopic (exact) mass is 570 g/mol. The van der Waals surface area contributed by atoms with Gasteiger partial charge in [-0.05, 0) is 92.4 Å². The van der Waals surface area contributed by atoms with E-state index in [0.29, 0.717) is 54.6 Å². The number of hydrazine groups is 1. The first-order valence-electron chi connectivity index (χ1n) is 16.7. The lowest BCUT2D eigenvalue weighted by molar-refractivity contribution is -0.140. The summed E-state index contributed by atoms with van der Waals surface area (Å²) in [5.41, 5.74) is 6.79. The van der Waals surface area contributed by atoms with Gasteiger partial charge in [0, 0.05) is 44.3 Å². The van der Waals surface area contributed by atoms with Crippen molar-refractivity contribution in [1.82, 2.24) is 9.91 Å². The first kappa shape index (κ1) is 32.1. The van der Waals surface area contributed by atoms with E-state index in [-0.39, 0.29) is 17.9 Å². The molecule has 3 saturated carbocycles. The number of likely N-dealkylation sites (tertiary alicyclic amines) is 1. The predicted molar refractivity (Wildman–Crippen MR) is 165 cm³/mol. The van der Waals surface area contributed by atoms with E-state index in [1.807, 2.05) is 11.1 Å². The third-order valence-corrected chi connectivity index (χ3v) is 11.3. The fraction of sp³-hybridized carbons (Fsp3) is 0.824. The van der Waals surface area contributed by atoms with Gasteiger partial charge in [-0.1, -0.05) is 59.1 Å². The van der Waals surface area contributed by atoms with Gasteiger partial charge in [-0.15, -0.1) is 0 Å². The lowest BCUT2D eigenvalue weighted by Crippen LogP contribution is -2.55. The lowest BCUT2D eigenvalue weighted by Gasteiger charge is -2.51. The smallest absolute Gasteiger partial charge is 0.222 e. The van der Waals surface area contributed by atoms with E-state index < -0.39 is 0 Å². The Morgan fingerprint density at radius 3 is 2.51 bits per heavy atom. The van der Waals surface area contributed by atoms with E-state index in [9.17, 15) is 9.59 Å². The normalized spacial score (nSPS) is 36.3. The first-order valence-corrected chi connectivity index (χ1v) is 16.7. The molecule has 0 aromatic carbocycles. The maximum atomic E-state index is 13.5. The molecule has 1 saturated heterocycles. The molecule has 0 aromatic rings. The summed E-state index contributed by atoms with van der Waals surface area (Å²) in [5, 5.41) is 1.82. The van der Waals surface area contributed by atoms with Gasteiger partial charge < -0.3 is 20.4 Å². The molecule has 7 heteroatoms. The summed E-state index contributed by atoms with van der Waals surface area (Å²) in [5.74, 6) is 9.67. The summed E-state index contributed by atoms with van der Waals surface area (Å²) >= 11 is 0. The van der Waals surface area contributed by atoms with Crippen molar-refractivity contribution in [2.24, 2.45) is 53.0 Å². The van der Waals surface area contributed by atoms with Gasteiger partial charge in [-0.3, -0.25) is 9.59 Å². The number of carbonyl (C=O) groups excluding carboxylic acids is 2. The SMILES string of the molecule is C=C/C(=C\N(N)CC1CCCC(C(N)=O)C1)C1CCCC2C1C(C)CCN2C(=O)CCCOC1CCCC(C)C1C. The molecule has 4 aliphatic rings. The minimum absolute atomic E-state index is 0.0261. The van der Waals surface area contributed by atoms with Crippen LogP contribution in [0.15, 0.2) is 24.4 Å². The van der Waals surface area contributed by atoms with Crippen molar-refractivity contribution in [3.63, 3.8) is 0 Å². The van der Waals surface area contributed by atoms with Crippen LogP contribution in [-0.2, 0) is 14.3 Å². The van der Waals surface area contributed by atoms with Crippen LogP contribution >= 0.6 is 0 Å². The highest BCUT2D eigenvalue weighted by Crippen LogP contribution is 2.46. The highest BCUT2D eigenvalue weighted by molar-refractivity contribution is 5.77. The van der Waals surface area contributed by atoms with Gasteiger partial charge in [-0.2, -0.15) is 0 Å². The number of allylic oxidation sites excluding steroid dienone is 2. The number of rotatable bonds is 11. The van der Waals surface area contributed by atoms with Crippen molar-refractivity contribution in [1.29, 1.82) is 0 Å². The summed E-state index contributed by atoms with van der Waals surface area (Å²) in [6.45, 7) is 13.5. The van der Waals surface area contributed by atoms with Crippen LogP contribution < -0.4 is 11.6 Å². The predicted octanol–water partition coefficient (Wildman–Crippen LogP) is 5.80. The number of primary amides is 1. The van der Waals surface area contributed by atoms with Crippen molar-refractivity contribution in [2.75, 3.05) is 19.7 Å². The molecule has 0 bridgehead atoms. The van der Waals surface area contributed by atoms with Crippen LogP contribution in [-0.4, -0.2) is 53.6 Å². The van der Waals surface area contributed by atoms with Gasteiger partial charge in [0.25, 0.3) is 0 Å². The first-order chi connectivity index (χ1) is 19.7. The minimum Gasteiger partial charge on any atom is -0.378 e. The fourth-order valence-corrected chi connectivity index (χ4v) is 8.67. The van der Waals surface area contributed by atoms with Crippen LogP contribution in [0.25, 0.3) is 0 Å². The third-order valence-electron chi connectivity index (χ3n) is 11.3. The zero-order valence-corrected chi connectivity index (χ0v) is 26.1. The molecule has 0 spiro atoms. The van der Waals surface area contributed by atoms with Gasteiger partial charge >= 0.3 is 0 Å². The number of carbonyl (C=O) groups is 2. The summed E-state index contributed by atoms with van der Waals surface area (Å²) in [4.78, 5) is 27.5. The molecule has 3 aliphatic carbocycles. The largest absolute Gasteiger partial charge is 0.378 e. The minimum atomic E-state index is -0.180. The van der Waals surface area contributed by atoms with Gasteiger partial charge in [0.05, 0.1) is 6.10 Å². The number of ether oxygens (including phenoxy) is 1. The number of hydrogen-bond acceptors (Lipinski definition) is 5. The Labute approximate surface area is 249 Å². The van der Waals surface area contributed by atoms with Gasteiger partial charge in [0.1, 0.15) is 0 Å². The van der Waals surface area contributed by atoms with Crippen LogP contribution in [0.3, 0.4) is 0 Å². The molecular weight excluding hydrogens is 512 g/mol. The van der Waals surface area contributed by atoms with Crippen LogP contribution in [0.5, 0.6) is 0 Å². The molecule has 1 heterocycles. The molecule has 4 N–H and O–H groups in total. The molecule has 41 heavy (non-hydrogen) atoms. The standard InChI is InChI=1S/C34H58N4O3/c1-5-27(22-37(36)21-26-11-7-12-28(20-26)34(35)40)29-13-8-14-30-33(29)24(3)17-18-38(30)32(39)16-9-19-41-31-15-6-10-23(2)25(31)4/h5,22-26,28-31,33H,1,6-21,36H2,2-4H3,(H2,35,40)/b27-22+. The third kappa shape index (κ3) is 8.16. The van der Waals surface area contributed by atoms with Gasteiger partial charge in [-0.25, -0.2) is 5.84 Å². The van der Waals surface area contributed by atoms with Gasteiger partial charge in [0.2, 0.25) is 11.8 Å². The molecule has 9 unspecified atom stereocenters. The van der Waals surface area contributed by atoms with Crippen molar-refractivity contribution in [3.05, 3.63) is 24.4 Å². The second-order valence-corrected chi connectivity index (χ2v) is 14.0. The second-order valence-electron chi connectivity index (χ2n) is 14.0. The van der Waals surface area contributed by atoms with Crippen molar-refractivity contribution in [2.45, 2.75) is 116 Å². The summed E-state index contributed by atoms with van der Waals surface area (Å²) in [7, 11) is 0. The second kappa shape index (κ2) is 15.0. The molecule has 2 amide bonds. The van der Waals surface area contributed by atoms with E-state index in [0.717, 1.165) is 83.2 Å². The Morgan fingerprint density at radius 2 is 1.76 bits per heavy atom. The van der Waals surface area contributed by atoms with Crippen molar-refractivity contribution in [3.8, 4) is 0 Å². The molecule has 1 aliphatic heterocycles. The van der Waals surface area contributed by atoms with E-state index >= 15 is 0 Å². The summed E-state index contributed by atoms with van der Waals surface area (Å²) < 4.78 is 6.27. The zero-order chi connectivity index (χ0) is 29.5.